The highest BCUT2D eigenvalue weighted by Gasteiger charge is 2.27. The number of likely N-dealkylation sites (tertiary alicyclic amines) is 1. The van der Waals surface area contributed by atoms with Crippen LogP contribution in [0.5, 0.6) is 5.75 Å². The Bertz CT molecular complexity index is 661. The zero-order chi connectivity index (χ0) is 15.5. The van der Waals surface area contributed by atoms with E-state index < -0.39 is 0 Å². The lowest BCUT2D eigenvalue weighted by Gasteiger charge is -2.25. The van der Waals surface area contributed by atoms with Gasteiger partial charge >= 0.3 is 0 Å². The number of halogens is 2. The molecule has 1 saturated heterocycles. The van der Waals surface area contributed by atoms with Gasteiger partial charge < -0.3 is 4.74 Å². The Labute approximate surface area is 139 Å². The largest absolute Gasteiger partial charge is 0.496 e. The van der Waals surface area contributed by atoms with Crippen molar-refractivity contribution in [3.05, 3.63) is 63.9 Å². The molecule has 0 unspecified atom stereocenters. The monoisotopic (exact) mass is 363 g/mol. The quantitative estimate of drug-likeness (QED) is 0.763. The van der Waals surface area contributed by atoms with Crippen LogP contribution in [0.3, 0.4) is 0 Å². The molecular formula is C18H19BrFNO. The molecule has 0 radical (unpaired) electrons. The standard InChI is InChI=1S/C18H19BrFNO/c1-22-18-8-7-15(19)10-14(18)12-21-9-3-6-17(21)13-4-2-5-16(20)11-13/h2,4-5,7-8,10-11,17H,3,6,9,12H2,1H3/t17-/m1/s1. The molecule has 1 aliphatic heterocycles. The summed E-state index contributed by atoms with van der Waals surface area (Å²) in [7, 11) is 1.70. The first-order chi connectivity index (χ1) is 10.7. The maximum atomic E-state index is 13.5. The first kappa shape index (κ1) is 15.5. The second-order valence-corrected chi connectivity index (χ2v) is 6.56. The Morgan fingerprint density at radius 1 is 1.27 bits per heavy atom. The lowest BCUT2D eigenvalue weighted by molar-refractivity contribution is 0.244. The van der Waals surface area contributed by atoms with Crippen LogP contribution in [-0.2, 0) is 6.54 Å². The van der Waals surface area contributed by atoms with Gasteiger partial charge in [0, 0.05) is 22.6 Å². The molecule has 0 N–H and O–H groups in total. The Kier molecular flexibility index (Phi) is 4.79. The molecule has 0 saturated carbocycles. The van der Waals surface area contributed by atoms with E-state index in [1.54, 1.807) is 19.2 Å². The summed E-state index contributed by atoms with van der Waals surface area (Å²) < 4.78 is 20.0. The van der Waals surface area contributed by atoms with E-state index >= 15 is 0 Å². The number of hydrogen-bond donors (Lipinski definition) is 0. The average molecular weight is 364 g/mol. The third kappa shape index (κ3) is 3.33. The van der Waals surface area contributed by atoms with E-state index in [1.807, 2.05) is 18.2 Å². The van der Waals surface area contributed by atoms with Crippen LogP contribution in [-0.4, -0.2) is 18.6 Å². The molecule has 2 aromatic rings. The lowest BCUT2D eigenvalue weighted by Crippen LogP contribution is -2.23. The smallest absolute Gasteiger partial charge is 0.123 e. The molecule has 2 aromatic carbocycles. The predicted molar refractivity (Wildman–Crippen MR) is 89.5 cm³/mol. The molecule has 4 heteroatoms. The maximum Gasteiger partial charge on any atom is 0.123 e. The molecule has 22 heavy (non-hydrogen) atoms. The van der Waals surface area contributed by atoms with Crippen LogP contribution >= 0.6 is 15.9 Å². The first-order valence-electron chi connectivity index (χ1n) is 7.49. The molecule has 3 rings (SSSR count). The number of methoxy groups -OCH3 is 1. The van der Waals surface area contributed by atoms with Crippen molar-refractivity contribution in [2.45, 2.75) is 25.4 Å². The van der Waals surface area contributed by atoms with E-state index in [0.29, 0.717) is 0 Å². The summed E-state index contributed by atoms with van der Waals surface area (Å²) in [5.74, 6) is 0.734. The minimum absolute atomic E-state index is 0.163. The van der Waals surface area contributed by atoms with E-state index in [2.05, 4.69) is 26.9 Å². The maximum absolute atomic E-state index is 13.5. The first-order valence-corrected chi connectivity index (χ1v) is 8.28. The number of nitrogens with zero attached hydrogens (tertiary/aromatic N) is 1. The summed E-state index contributed by atoms with van der Waals surface area (Å²) in [5, 5.41) is 0. The molecular weight excluding hydrogens is 345 g/mol. The fraction of sp³-hybridized carbons (Fsp3) is 0.333. The van der Waals surface area contributed by atoms with E-state index in [4.69, 9.17) is 4.74 Å². The molecule has 0 bridgehead atoms. The van der Waals surface area contributed by atoms with Gasteiger partial charge in [0.25, 0.3) is 0 Å². The highest BCUT2D eigenvalue weighted by molar-refractivity contribution is 9.10. The zero-order valence-electron chi connectivity index (χ0n) is 12.6. The van der Waals surface area contributed by atoms with Crippen molar-refractivity contribution in [2.75, 3.05) is 13.7 Å². The van der Waals surface area contributed by atoms with Crippen LogP contribution in [0.4, 0.5) is 4.39 Å². The van der Waals surface area contributed by atoms with Crippen molar-refractivity contribution < 1.29 is 9.13 Å². The molecule has 0 spiro atoms. The molecule has 1 aliphatic rings. The van der Waals surface area contributed by atoms with E-state index in [0.717, 1.165) is 47.3 Å². The molecule has 1 fully saturated rings. The Hall–Kier alpha value is -1.39. The fourth-order valence-corrected chi connectivity index (χ4v) is 3.60. The highest BCUT2D eigenvalue weighted by atomic mass is 79.9. The number of ether oxygens (including phenoxy) is 1. The van der Waals surface area contributed by atoms with Gasteiger partial charge in [-0.05, 0) is 55.3 Å². The van der Waals surface area contributed by atoms with Crippen molar-refractivity contribution in [3.63, 3.8) is 0 Å². The Morgan fingerprint density at radius 3 is 2.91 bits per heavy atom. The van der Waals surface area contributed by atoms with Crippen molar-refractivity contribution in [1.82, 2.24) is 4.90 Å². The van der Waals surface area contributed by atoms with Gasteiger partial charge in [-0.15, -0.1) is 0 Å². The molecule has 116 valence electrons. The van der Waals surface area contributed by atoms with Gasteiger partial charge in [0.15, 0.2) is 0 Å². The zero-order valence-corrected chi connectivity index (χ0v) is 14.1. The summed E-state index contributed by atoms with van der Waals surface area (Å²) in [6.07, 6.45) is 2.21. The third-order valence-corrected chi connectivity index (χ3v) is 4.71. The Balaban J connectivity index is 1.84. The number of hydrogen-bond acceptors (Lipinski definition) is 2. The van der Waals surface area contributed by atoms with Crippen LogP contribution in [0, 0.1) is 5.82 Å². The summed E-state index contributed by atoms with van der Waals surface area (Å²) in [4.78, 5) is 2.40. The van der Waals surface area contributed by atoms with Gasteiger partial charge in [0.1, 0.15) is 11.6 Å². The summed E-state index contributed by atoms with van der Waals surface area (Å²) in [6, 6.07) is 13.3. The van der Waals surface area contributed by atoms with Gasteiger partial charge in [-0.2, -0.15) is 0 Å². The molecule has 2 nitrogen and oxygen atoms in total. The summed E-state index contributed by atoms with van der Waals surface area (Å²) in [6.45, 7) is 1.83. The second-order valence-electron chi connectivity index (χ2n) is 5.64. The molecule has 0 amide bonds. The Morgan fingerprint density at radius 2 is 2.14 bits per heavy atom. The number of benzene rings is 2. The van der Waals surface area contributed by atoms with Crippen LogP contribution in [0.2, 0.25) is 0 Å². The fourth-order valence-electron chi connectivity index (χ4n) is 3.20. The van der Waals surface area contributed by atoms with Gasteiger partial charge in [-0.3, -0.25) is 4.90 Å². The van der Waals surface area contributed by atoms with Crippen molar-refractivity contribution in [3.8, 4) is 5.75 Å². The van der Waals surface area contributed by atoms with Crippen LogP contribution in [0.15, 0.2) is 46.9 Å². The lowest BCUT2D eigenvalue weighted by atomic mass is 10.0. The average Bonchev–Trinajstić information content (AvgIpc) is 2.96. The summed E-state index contributed by atoms with van der Waals surface area (Å²) in [5.41, 5.74) is 2.21. The topological polar surface area (TPSA) is 12.5 Å². The normalized spacial score (nSPS) is 18.6. The third-order valence-electron chi connectivity index (χ3n) is 4.21. The van der Waals surface area contributed by atoms with Gasteiger partial charge in [-0.1, -0.05) is 28.1 Å². The predicted octanol–water partition coefficient (Wildman–Crippen LogP) is 4.93. The van der Waals surface area contributed by atoms with Crippen molar-refractivity contribution in [2.24, 2.45) is 0 Å². The SMILES string of the molecule is COc1ccc(Br)cc1CN1CCC[C@@H]1c1cccc(F)c1. The molecule has 1 heterocycles. The highest BCUT2D eigenvalue weighted by Crippen LogP contribution is 2.35. The van der Waals surface area contributed by atoms with Crippen LogP contribution in [0.1, 0.15) is 30.0 Å². The van der Waals surface area contributed by atoms with E-state index in [9.17, 15) is 4.39 Å². The van der Waals surface area contributed by atoms with Crippen molar-refractivity contribution in [1.29, 1.82) is 0 Å². The van der Waals surface area contributed by atoms with Gasteiger partial charge in [-0.25, -0.2) is 4.39 Å². The minimum Gasteiger partial charge on any atom is -0.496 e. The summed E-state index contributed by atoms with van der Waals surface area (Å²) >= 11 is 3.52. The van der Waals surface area contributed by atoms with E-state index in [1.165, 1.54) is 6.07 Å². The molecule has 0 aliphatic carbocycles. The number of rotatable bonds is 4. The van der Waals surface area contributed by atoms with Gasteiger partial charge in [0.2, 0.25) is 0 Å². The van der Waals surface area contributed by atoms with E-state index in [-0.39, 0.29) is 11.9 Å². The minimum atomic E-state index is -0.163. The molecule has 1 atom stereocenters. The van der Waals surface area contributed by atoms with Crippen LogP contribution < -0.4 is 4.74 Å². The second kappa shape index (κ2) is 6.80. The van der Waals surface area contributed by atoms with Gasteiger partial charge in [0.05, 0.1) is 7.11 Å². The molecule has 0 aromatic heterocycles. The van der Waals surface area contributed by atoms with Crippen LogP contribution in [0.25, 0.3) is 0 Å². The van der Waals surface area contributed by atoms with Crippen molar-refractivity contribution >= 4 is 15.9 Å².